The molecule has 0 aliphatic carbocycles. The first-order chi connectivity index (χ1) is 9.24. The fourth-order valence-electron chi connectivity index (χ4n) is 2.06. The van der Waals surface area contributed by atoms with Gasteiger partial charge in [-0.3, -0.25) is 0 Å². The Morgan fingerprint density at radius 2 is 1.58 bits per heavy atom. The van der Waals surface area contributed by atoms with E-state index in [0.717, 1.165) is 27.1 Å². The van der Waals surface area contributed by atoms with Crippen molar-refractivity contribution in [3.05, 3.63) is 65.1 Å². The van der Waals surface area contributed by atoms with E-state index in [-0.39, 0.29) is 0 Å². The second kappa shape index (κ2) is 5.02. The number of nitrogens with zero attached hydrogens (tertiary/aromatic N) is 1. The molecule has 3 aromatic rings. The van der Waals surface area contributed by atoms with Crippen LogP contribution in [0.3, 0.4) is 0 Å². The zero-order valence-electron chi connectivity index (χ0n) is 10.5. The summed E-state index contributed by atoms with van der Waals surface area (Å²) in [6.45, 7) is 0. The summed E-state index contributed by atoms with van der Waals surface area (Å²) >= 11 is 3.45. The summed E-state index contributed by atoms with van der Waals surface area (Å²) in [6, 6.07) is 20.4. The van der Waals surface area contributed by atoms with Gasteiger partial charge in [-0.1, -0.05) is 46.3 Å². The molecule has 0 N–H and O–H groups in total. The van der Waals surface area contributed by atoms with Gasteiger partial charge in [0.2, 0.25) is 5.76 Å². The number of hydrogen-bond acceptors (Lipinski definition) is 1. The molecule has 0 spiro atoms. The predicted octanol–water partition coefficient (Wildman–Crippen LogP) is 4.20. The van der Waals surface area contributed by atoms with Crippen molar-refractivity contribution in [3.8, 4) is 22.6 Å². The van der Waals surface area contributed by atoms with Crippen molar-refractivity contribution < 1.29 is 9.26 Å². The van der Waals surface area contributed by atoms with Gasteiger partial charge in [-0.05, 0) is 29.0 Å². The second-order valence-corrected chi connectivity index (χ2v) is 5.27. The molecule has 94 valence electrons. The van der Waals surface area contributed by atoms with Crippen LogP contribution in [0.25, 0.3) is 22.6 Å². The Kier molecular flexibility index (Phi) is 3.22. The normalized spacial score (nSPS) is 10.6. The standard InChI is InChI=1S/C16H13BrNO/c1-18-15(12-7-9-14(17)10-8-12)11-16(19-18)13-5-3-2-4-6-13/h2-11H,1H3/q+1. The minimum atomic E-state index is 0.876. The lowest BCUT2D eigenvalue weighted by atomic mass is 10.1. The molecular weight excluding hydrogens is 302 g/mol. The highest BCUT2D eigenvalue weighted by Crippen LogP contribution is 2.25. The summed E-state index contributed by atoms with van der Waals surface area (Å²) in [6.07, 6.45) is 0. The highest BCUT2D eigenvalue weighted by Gasteiger charge is 2.18. The summed E-state index contributed by atoms with van der Waals surface area (Å²) < 4.78 is 8.66. The Bertz CT molecular complexity index is 687. The highest BCUT2D eigenvalue weighted by molar-refractivity contribution is 9.10. The molecule has 0 aliphatic rings. The molecule has 2 nitrogen and oxygen atoms in total. The van der Waals surface area contributed by atoms with E-state index in [1.807, 2.05) is 49.5 Å². The van der Waals surface area contributed by atoms with E-state index in [9.17, 15) is 0 Å². The molecule has 3 rings (SSSR count). The fraction of sp³-hybridized carbons (Fsp3) is 0.0625. The van der Waals surface area contributed by atoms with Crippen molar-refractivity contribution in [1.82, 2.24) is 0 Å². The second-order valence-electron chi connectivity index (χ2n) is 4.36. The molecule has 0 aliphatic heterocycles. The first-order valence-corrected chi connectivity index (χ1v) is 6.85. The molecule has 2 aromatic carbocycles. The molecule has 0 amide bonds. The van der Waals surface area contributed by atoms with Crippen molar-refractivity contribution in [2.24, 2.45) is 7.05 Å². The summed E-state index contributed by atoms with van der Waals surface area (Å²) in [5, 5.41) is 0. The number of rotatable bonds is 2. The van der Waals surface area contributed by atoms with Gasteiger partial charge in [0.25, 0.3) is 5.69 Å². The third kappa shape index (κ3) is 2.47. The maximum absolute atomic E-state index is 5.79. The van der Waals surface area contributed by atoms with Gasteiger partial charge in [-0.25, -0.2) is 4.52 Å². The minimum Gasteiger partial charge on any atom is -0.236 e. The highest BCUT2D eigenvalue weighted by atomic mass is 79.9. The first kappa shape index (κ1) is 12.2. The Labute approximate surface area is 120 Å². The van der Waals surface area contributed by atoms with Crippen molar-refractivity contribution >= 4 is 15.9 Å². The lowest BCUT2D eigenvalue weighted by molar-refractivity contribution is -0.834. The van der Waals surface area contributed by atoms with Crippen LogP contribution in [0.5, 0.6) is 0 Å². The van der Waals surface area contributed by atoms with Gasteiger partial charge in [0.15, 0.2) is 7.05 Å². The average molecular weight is 315 g/mol. The lowest BCUT2D eigenvalue weighted by Gasteiger charge is -1.92. The number of aromatic nitrogens is 1. The largest absolute Gasteiger partial charge is 0.262 e. The van der Waals surface area contributed by atoms with E-state index in [0.29, 0.717) is 0 Å². The molecular formula is C16H13BrNO+. The molecule has 0 radical (unpaired) electrons. The van der Waals surface area contributed by atoms with Crippen LogP contribution in [-0.2, 0) is 7.05 Å². The molecule has 1 aromatic heterocycles. The van der Waals surface area contributed by atoms with Gasteiger partial charge in [-0.2, -0.15) is 0 Å². The molecule has 0 saturated heterocycles. The fourth-order valence-corrected chi connectivity index (χ4v) is 2.33. The maximum Gasteiger partial charge on any atom is 0.262 e. The third-order valence-electron chi connectivity index (χ3n) is 3.04. The molecule has 3 heteroatoms. The maximum atomic E-state index is 5.79. The summed E-state index contributed by atoms with van der Waals surface area (Å²) in [5.41, 5.74) is 3.28. The van der Waals surface area contributed by atoms with Crippen LogP contribution in [0.2, 0.25) is 0 Å². The van der Waals surface area contributed by atoms with Gasteiger partial charge >= 0.3 is 0 Å². The summed E-state index contributed by atoms with van der Waals surface area (Å²) in [5.74, 6) is 0.876. The summed E-state index contributed by atoms with van der Waals surface area (Å²) in [4.78, 5) is 0. The van der Waals surface area contributed by atoms with Crippen LogP contribution in [-0.4, -0.2) is 0 Å². The van der Waals surface area contributed by atoms with Crippen LogP contribution < -0.4 is 4.74 Å². The van der Waals surface area contributed by atoms with Crippen molar-refractivity contribution in [1.29, 1.82) is 0 Å². The third-order valence-corrected chi connectivity index (χ3v) is 3.57. The molecule has 19 heavy (non-hydrogen) atoms. The molecule has 0 bridgehead atoms. The zero-order chi connectivity index (χ0) is 13.2. The van der Waals surface area contributed by atoms with E-state index in [2.05, 4.69) is 34.1 Å². The molecule has 0 unspecified atom stereocenters. The molecule has 0 fully saturated rings. The predicted molar refractivity (Wildman–Crippen MR) is 78.5 cm³/mol. The number of hydrogen-bond donors (Lipinski definition) is 0. The van der Waals surface area contributed by atoms with Gasteiger partial charge in [0, 0.05) is 10.0 Å². The van der Waals surface area contributed by atoms with Crippen LogP contribution >= 0.6 is 15.9 Å². The lowest BCUT2D eigenvalue weighted by Crippen LogP contribution is -2.26. The molecule has 0 atom stereocenters. The van der Waals surface area contributed by atoms with Gasteiger partial charge in [-0.15, -0.1) is 0 Å². The monoisotopic (exact) mass is 314 g/mol. The van der Waals surface area contributed by atoms with E-state index < -0.39 is 0 Å². The van der Waals surface area contributed by atoms with Crippen LogP contribution in [0.4, 0.5) is 0 Å². The number of halogens is 1. The Hall–Kier alpha value is -1.87. The van der Waals surface area contributed by atoms with Crippen molar-refractivity contribution in [2.75, 3.05) is 0 Å². The van der Waals surface area contributed by atoms with E-state index in [1.165, 1.54) is 0 Å². The molecule has 0 saturated carbocycles. The topological polar surface area (TPSA) is 17.0 Å². The minimum absolute atomic E-state index is 0.876. The zero-order valence-corrected chi connectivity index (χ0v) is 12.1. The van der Waals surface area contributed by atoms with Gasteiger partial charge in [0.1, 0.15) is 0 Å². The van der Waals surface area contributed by atoms with E-state index in [4.69, 9.17) is 4.52 Å². The van der Waals surface area contributed by atoms with Gasteiger partial charge in [0.05, 0.1) is 11.6 Å². The van der Waals surface area contributed by atoms with Crippen LogP contribution in [0.15, 0.2) is 69.7 Å². The Balaban J connectivity index is 2.05. The van der Waals surface area contributed by atoms with E-state index in [1.54, 1.807) is 4.74 Å². The van der Waals surface area contributed by atoms with E-state index >= 15 is 0 Å². The SMILES string of the molecule is C[n+]1oc(-c2ccccc2)cc1-c1ccc(Br)cc1. The quantitative estimate of drug-likeness (QED) is 0.648. The van der Waals surface area contributed by atoms with Crippen LogP contribution in [0.1, 0.15) is 0 Å². The Morgan fingerprint density at radius 1 is 0.895 bits per heavy atom. The van der Waals surface area contributed by atoms with Crippen LogP contribution in [0, 0.1) is 0 Å². The Morgan fingerprint density at radius 3 is 2.26 bits per heavy atom. The first-order valence-electron chi connectivity index (χ1n) is 6.06. The number of aryl methyl sites for hydroxylation is 1. The van der Waals surface area contributed by atoms with Crippen molar-refractivity contribution in [2.45, 2.75) is 0 Å². The summed E-state index contributed by atoms with van der Waals surface area (Å²) in [7, 11) is 1.92. The average Bonchev–Trinajstić information content (AvgIpc) is 2.83. The smallest absolute Gasteiger partial charge is 0.236 e. The molecule has 1 heterocycles. The van der Waals surface area contributed by atoms with Crippen molar-refractivity contribution in [3.63, 3.8) is 0 Å². The van der Waals surface area contributed by atoms with Gasteiger partial charge < -0.3 is 0 Å². The number of benzene rings is 2.